The highest BCUT2D eigenvalue weighted by atomic mass is 16.7. The summed E-state index contributed by atoms with van der Waals surface area (Å²) in [6, 6.07) is 33.1. The lowest BCUT2D eigenvalue weighted by atomic mass is 9.79. The number of benzene rings is 4. The van der Waals surface area contributed by atoms with Crippen LogP contribution < -0.4 is 10.9 Å². The standard InChI is InChI=1S/C20H22BNO4.C20H23BO2/c1-19(2)20(3,4)26-21(25-19)17-11-7-15(8-12-17)5-6-16-9-13-18(14-10-16)22(23)24;1-19(2)20(3,4)23-21(22-19)18-14-12-17(13-15-18)11-10-16-8-6-5-7-9-16/h5-14H,1-4H3;5-15H,1-4H3/b6-5+;11-10+. The van der Waals surface area contributed by atoms with E-state index in [1.54, 1.807) is 12.1 Å². The minimum absolute atomic E-state index is 0.0916. The van der Waals surface area contributed by atoms with Crippen LogP contribution in [0.3, 0.4) is 0 Å². The van der Waals surface area contributed by atoms with Gasteiger partial charge in [-0.1, -0.05) is 103 Å². The van der Waals surface area contributed by atoms with E-state index < -0.39 is 4.92 Å². The largest absolute Gasteiger partial charge is 0.494 e. The summed E-state index contributed by atoms with van der Waals surface area (Å²) >= 11 is 0. The average molecular weight is 657 g/mol. The van der Waals surface area contributed by atoms with Crippen molar-refractivity contribution >= 4 is 55.2 Å². The molecule has 0 spiro atoms. The molecule has 0 saturated carbocycles. The molecule has 0 aliphatic carbocycles. The molecule has 0 radical (unpaired) electrons. The lowest BCUT2D eigenvalue weighted by Gasteiger charge is -2.32. The van der Waals surface area contributed by atoms with Crippen molar-refractivity contribution in [1.82, 2.24) is 0 Å². The number of nitro groups is 1. The van der Waals surface area contributed by atoms with Gasteiger partial charge in [-0.05, 0) is 101 Å². The van der Waals surface area contributed by atoms with E-state index in [2.05, 4.69) is 76.2 Å². The van der Waals surface area contributed by atoms with Crippen molar-refractivity contribution in [1.29, 1.82) is 0 Å². The molecule has 0 aromatic heterocycles. The van der Waals surface area contributed by atoms with E-state index in [9.17, 15) is 10.1 Å². The molecule has 2 saturated heterocycles. The van der Waals surface area contributed by atoms with Crippen LogP contribution in [0.15, 0.2) is 103 Å². The molecule has 2 aliphatic rings. The topological polar surface area (TPSA) is 80.1 Å². The van der Waals surface area contributed by atoms with Crippen molar-refractivity contribution in [2.45, 2.75) is 77.8 Å². The van der Waals surface area contributed by atoms with Crippen LogP contribution in [0.2, 0.25) is 0 Å². The van der Waals surface area contributed by atoms with Gasteiger partial charge in [-0.3, -0.25) is 10.1 Å². The lowest BCUT2D eigenvalue weighted by molar-refractivity contribution is -0.384. The van der Waals surface area contributed by atoms with E-state index in [-0.39, 0.29) is 42.3 Å². The molecule has 4 aromatic rings. The van der Waals surface area contributed by atoms with Gasteiger partial charge < -0.3 is 18.6 Å². The molecule has 6 rings (SSSR count). The molecule has 0 unspecified atom stereocenters. The molecule has 9 heteroatoms. The first-order valence-electron chi connectivity index (χ1n) is 16.6. The zero-order valence-electron chi connectivity index (χ0n) is 29.7. The number of non-ortho nitro benzene ring substituents is 1. The van der Waals surface area contributed by atoms with E-state index in [0.717, 1.165) is 27.6 Å². The third-order valence-corrected chi connectivity index (χ3v) is 9.76. The van der Waals surface area contributed by atoms with Gasteiger partial charge in [0.25, 0.3) is 5.69 Å². The average Bonchev–Trinajstić information content (AvgIpc) is 3.43. The molecule has 0 N–H and O–H groups in total. The number of nitro benzene ring substituents is 1. The molecule has 252 valence electrons. The Labute approximate surface area is 291 Å². The molecule has 0 bridgehead atoms. The molecule has 2 heterocycles. The first-order chi connectivity index (χ1) is 23.1. The van der Waals surface area contributed by atoms with Crippen molar-refractivity contribution in [3.8, 4) is 0 Å². The van der Waals surface area contributed by atoms with Crippen molar-refractivity contribution in [3.63, 3.8) is 0 Å². The van der Waals surface area contributed by atoms with Crippen molar-refractivity contribution < 1.29 is 23.5 Å². The second-order valence-corrected chi connectivity index (χ2v) is 14.4. The fourth-order valence-electron chi connectivity index (χ4n) is 5.14. The number of hydrogen-bond donors (Lipinski definition) is 0. The summed E-state index contributed by atoms with van der Waals surface area (Å²) in [5.41, 5.74) is 5.11. The Hall–Kier alpha value is -4.27. The van der Waals surface area contributed by atoms with Crippen LogP contribution in [0.1, 0.15) is 77.6 Å². The van der Waals surface area contributed by atoms with E-state index in [4.69, 9.17) is 18.6 Å². The number of nitrogens with zero attached hydrogens (tertiary/aromatic N) is 1. The zero-order valence-corrected chi connectivity index (χ0v) is 29.7. The van der Waals surface area contributed by atoms with E-state index >= 15 is 0 Å². The minimum Gasteiger partial charge on any atom is -0.399 e. The third kappa shape index (κ3) is 8.67. The van der Waals surface area contributed by atoms with Crippen LogP contribution in [0.25, 0.3) is 24.3 Å². The van der Waals surface area contributed by atoms with Crippen LogP contribution >= 0.6 is 0 Å². The monoisotopic (exact) mass is 657 g/mol. The second kappa shape index (κ2) is 14.3. The maximum Gasteiger partial charge on any atom is 0.494 e. The molecule has 0 atom stereocenters. The predicted molar refractivity (Wildman–Crippen MR) is 202 cm³/mol. The zero-order chi connectivity index (χ0) is 35.5. The van der Waals surface area contributed by atoms with Gasteiger partial charge in [0.05, 0.1) is 27.3 Å². The van der Waals surface area contributed by atoms with E-state index in [1.807, 2.05) is 82.3 Å². The maximum absolute atomic E-state index is 10.7. The quantitative estimate of drug-likeness (QED) is 0.0863. The highest BCUT2D eigenvalue weighted by Crippen LogP contribution is 2.37. The summed E-state index contributed by atoms with van der Waals surface area (Å²) in [4.78, 5) is 10.3. The SMILES string of the molecule is CC1(C)OB(c2ccc(/C=C/c3ccc([N+](=O)[O-])cc3)cc2)OC1(C)C.CC1(C)OB(c2ccc(/C=C/c3ccccc3)cc2)OC1(C)C. The third-order valence-electron chi connectivity index (χ3n) is 9.76. The van der Waals surface area contributed by atoms with E-state index in [0.29, 0.717) is 0 Å². The smallest absolute Gasteiger partial charge is 0.399 e. The van der Waals surface area contributed by atoms with Crippen molar-refractivity contribution in [2.75, 3.05) is 0 Å². The molecule has 2 aliphatic heterocycles. The highest BCUT2D eigenvalue weighted by molar-refractivity contribution is 6.62. The summed E-state index contributed by atoms with van der Waals surface area (Å²) in [5.74, 6) is 0. The van der Waals surface area contributed by atoms with Crippen molar-refractivity contribution in [3.05, 3.63) is 135 Å². The Balaban J connectivity index is 0.000000192. The fourth-order valence-corrected chi connectivity index (χ4v) is 5.14. The summed E-state index contributed by atoms with van der Waals surface area (Å²) in [6.07, 6.45) is 8.12. The molecule has 2 fully saturated rings. The fraction of sp³-hybridized carbons (Fsp3) is 0.300. The van der Waals surface area contributed by atoms with Gasteiger partial charge in [-0.2, -0.15) is 0 Å². The Morgan fingerprint density at radius 1 is 0.469 bits per heavy atom. The predicted octanol–water partition coefficient (Wildman–Crippen LogP) is 8.22. The molecule has 49 heavy (non-hydrogen) atoms. The van der Waals surface area contributed by atoms with E-state index in [1.165, 1.54) is 17.7 Å². The summed E-state index contributed by atoms with van der Waals surface area (Å²) in [6.45, 7) is 16.4. The van der Waals surface area contributed by atoms with Gasteiger partial charge in [0, 0.05) is 12.1 Å². The molecular weight excluding hydrogens is 612 g/mol. The maximum atomic E-state index is 10.7. The molecule has 4 aromatic carbocycles. The van der Waals surface area contributed by atoms with Crippen LogP contribution in [-0.2, 0) is 18.6 Å². The van der Waals surface area contributed by atoms with Crippen molar-refractivity contribution in [2.24, 2.45) is 0 Å². The molecular formula is C40H45B2NO6. The van der Waals surface area contributed by atoms with Crippen LogP contribution in [0.5, 0.6) is 0 Å². The van der Waals surface area contributed by atoms with Gasteiger partial charge in [-0.15, -0.1) is 0 Å². The second-order valence-electron chi connectivity index (χ2n) is 14.4. The first kappa shape index (κ1) is 36.0. The number of hydrogen-bond acceptors (Lipinski definition) is 6. The molecule has 7 nitrogen and oxygen atoms in total. The lowest BCUT2D eigenvalue weighted by Crippen LogP contribution is -2.41. The van der Waals surface area contributed by atoms with Gasteiger partial charge in [0.15, 0.2) is 0 Å². The van der Waals surface area contributed by atoms with Gasteiger partial charge in [-0.25, -0.2) is 0 Å². The number of rotatable bonds is 7. The Kier molecular flexibility index (Phi) is 10.5. The van der Waals surface area contributed by atoms with Crippen LogP contribution in [0.4, 0.5) is 5.69 Å². The van der Waals surface area contributed by atoms with Gasteiger partial charge >= 0.3 is 14.2 Å². The van der Waals surface area contributed by atoms with Gasteiger partial charge in [0.1, 0.15) is 0 Å². The minimum atomic E-state index is -0.401. The summed E-state index contributed by atoms with van der Waals surface area (Å²) in [5, 5.41) is 10.7. The Bertz CT molecular complexity index is 1750. The Morgan fingerprint density at radius 2 is 0.755 bits per heavy atom. The molecule has 0 amide bonds. The van der Waals surface area contributed by atoms with Gasteiger partial charge in [0.2, 0.25) is 0 Å². The first-order valence-corrected chi connectivity index (χ1v) is 16.6. The van der Waals surface area contributed by atoms with Crippen LogP contribution in [0, 0.1) is 10.1 Å². The van der Waals surface area contributed by atoms with Crippen LogP contribution in [-0.4, -0.2) is 41.6 Å². The highest BCUT2D eigenvalue weighted by Gasteiger charge is 2.52. The normalized spacial score (nSPS) is 18.9. The summed E-state index contributed by atoms with van der Waals surface area (Å²) in [7, 11) is -0.667. The Morgan fingerprint density at radius 3 is 1.06 bits per heavy atom. The summed E-state index contributed by atoms with van der Waals surface area (Å²) < 4.78 is 24.3.